The highest BCUT2D eigenvalue weighted by molar-refractivity contribution is 4.88. The van der Waals surface area contributed by atoms with E-state index in [1.54, 1.807) is 0 Å². The number of hydrogen-bond acceptors (Lipinski definition) is 3. The first-order chi connectivity index (χ1) is 8.29. The molecular weight excluding hydrogens is 218 g/mol. The monoisotopic (exact) mass is 241 g/mol. The summed E-state index contributed by atoms with van der Waals surface area (Å²) in [6, 6.07) is -0.398. The van der Waals surface area contributed by atoms with Crippen LogP contribution in [0.4, 0.5) is 0 Å². The average molecular weight is 241 g/mol. The number of ether oxygens (including phenoxy) is 1. The summed E-state index contributed by atoms with van der Waals surface area (Å²) in [6.07, 6.45) is 7.50. The Morgan fingerprint density at radius 1 is 1.29 bits per heavy atom. The number of unbranched alkanes of at least 4 members (excludes halogenated alkanes) is 5. The molecular formula is C12H23N3O2. The summed E-state index contributed by atoms with van der Waals surface area (Å²) in [5, 5.41) is 13.4. The van der Waals surface area contributed by atoms with Gasteiger partial charge in [0.1, 0.15) is 0 Å². The molecule has 0 bridgehead atoms. The highest BCUT2D eigenvalue weighted by atomic mass is 16.5. The van der Waals surface area contributed by atoms with E-state index in [0.717, 1.165) is 12.8 Å². The Bertz CT molecular complexity index is 254. The van der Waals surface area contributed by atoms with E-state index in [-0.39, 0.29) is 6.10 Å². The fourth-order valence-corrected chi connectivity index (χ4v) is 2.22. The fourth-order valence-electron chi connectivity index (χ4n) is 2.22. The zero-order valence-corrected chi connectivity index (χ0v) is 10.6. The third-order valence-corrected chi connectivity index (χ3v) is 3.30. The van der Waals surface area contributed by atoms with E-state index < -0.39 is 12.1 Å². The molecule has 0 unspecified atom stereocenters. The molecule has 17 heavy (non-hydrogen) atoms. The topological polar surface area (TPSA) is 78.2 Å². The molecule has 0 aromatic rings. The number of rotatable bonds is 8. The summed E-state index contributed by atoms with van der Waals surface area (Å²) in [5.74, 6) is 0. The van der Waals surface area contributed by atoms with Crippen LogP contribution < -0.4 is 0 Å². The van der Waals surface area contributed by atoms with Gasteiger partial charge >= 0.3 is 0 Å². The molecule has 0 spiro atoms. The number of hydrogen-bond donors (Lipinski definition) is 1. The predicted molar refractivity (Wildman–Crippen MR) is 66.7 cm³/mol. The lowest BCUT2D eigenvalue weighted by molar-refractivity contribution is 0.0342. The Kier molecular flexibility index (Phi) is 7.01. The molecule has 0 aromatic heterocycles. The number of aliphatic hydroxyl groups is 1. The van der Waals surface area contributed by atoms with Crippen LogP contribution in [-0.4, -0.2) is 30.0 Å². The van der Waals surface area contributed by atoms with Gasteiger partial charge in [0.25, 0.3) is 0 Å². The van der Waals surface area contributed by atoms with Crippen LogP contribution >= 0.6 is 0 Å². The highest BCUT2D eigenvalue weighted by Gasteiger charge is 2.34. The van der Waals surface area contributed by atoms with E-state index in [2.05, 4.69) is 16.9 Å². The molecule has 0 aliphatic carbocycles. The Hall–Kier alpha value is -0.770. The first-order valence-corrected chi connectivity index (χ1v) is 6.63. The molecule has 98 valence electrons. The molecule has 0 saturated carbocycles. The minimum Gasteiger partial charge on any atom is -0.390 e. The normalized spacial score (nSPS) is 28.0. The van der Waals surface area contributed by atoms with Crippen molar-refractivity contribution in [1.29, 1.82) is 0 Å². The standard InChI is InChI=1S/C12H23N3O2/c1-2-3-4-5-6-7-8-11-12(16)10(9-17-11)14-15-13/h10-12,16H,2-9H2,1H3/t10-,11-,12-/m0/s1. The van der Waals surface area contributed by atoms with E-state index >= 15 is 0 Å². The predicted octanol–water partition coefficient (Wildman–Crippen LogP) is 3.18. The maximum absolute atomic E-state index is 9.83. The molecule has 1 fully saturated rings. The van der Waals surface area contributed by atoms with Gasteiger partial charge in [-0.1, -0.05) is 50.6 Å². The van der Waals surface area contributed by atoms with Crippen molar-refractivity contribution < 1.29 is 9.84 Å². The fraction of sp³-hybridized carbons (Fsp3) is 1.00. The number of azide groups is 1. The van der Waals surface area contributed by atoms with Gasteiger partial charge in [-0.3, -0.25) is 0 Å². The quantitative estimate of drug-likeness (QED) is 0.306. The molecule has 1 rings (SSSR count). The maximum Gasteiger partial charge on any atom is 0.0908 e. The van der Waals surface area contributed by atoms with Crippen molar-refractivity contribution in [3.63, 3.8) is 0 Å². The SMILES string of the molecule is CCCCCCCC[C@@H]1OC[C@H](N=[N+]=[N-])[C@@H]1O. The summed E-state index contributed by atoms with van der Waals surface area (Å²) >= 11 is 0. The molecule has 1 N–H and O–H groups in total. The van der Waals surface area contributed by atoms with E-state index in [1.165, 1.54) is 32.1 Å². The zero-order chi connectivity index (χ0) is 12.5. The molecule has 0 radical (unpaired) electrons. The molecule has 5 nitrogen and oxygen atoms in total. The summed E-state index contributed by atoms with van der Waals surface area (Å²) in [6.45, 7) is 2.56. The lowest BCUT2D eigenvalue weighted by atomic mass is 10.0. The van der Waals surface area contributed by atoms with Gasteiger partial charge in [0.15, 0.2) is 0 Å². The number of aliphatic hydroxyl groups excluding tert-OH is 1. The van der Waals surface area contributed by atoms with Crippen LogP contribution in [0.3, 0.4) is 0 Å². The van der Waals surface area contributed by atoms with Gasteiger partial charge in [0.2, 0.25) is 0 Å². The van der Waals surface area contributed by atoms with E-state index in [9.17, 15) is 5.11 Å². The third-order valence-electron chi connectivity index (χ3n) is 3.30. The van der Waals surface area contributed by atoms with Gasteiger partial charge in [-0.15, -0.1) is 0 Å². The lowest BCUT2D eigenvalue weighted by Crippen LogP contribution is -2.28. The van der Waals surface area contributed by atoms with Crippen molar-refractivity contribution in [3.8, 4) is 0 Å². The van der Waals surface area contributed by atoms with Gasteiger partial charge < -0.3 is 9.84 Å². The van der Waals surface area contributed by atoms with Gasteiger partial charge in [-0.2, -0.15) is 0 Å². The third kappa shape index (κ3) is 4.94. The van der Waals surface area contributed by atoms with Gasteiger partial charge in [0, 0.05) is 4.91 Å². The van der Waals surface area contributed by atoms with E-state index in [4.69, 9.17) is 10.3 Å². The van der Waals surface area contributed by atoms with Crippen molar-refractivity contribution in [2.45, 2.75) is 70.1 Å². The molecule has 1 aliphatic rings. The van der Waals surface area contributed by atoms with Crippen LogP contribution in [0.25, 0.3) is 10.4 Å². The summed E-state index contributed by atoms with van der Waals surface area (Å²) in [4.78, 5) is 2.72. The second kappa shape index (κ2) is 8.34. The zero-order valence-electron chi connectivity index (χ0n) is 10.6. The summed E-state index contributed by atoms with van der Waals surface area (Å²) < 4.78 is 5.44. The highest BCUT2D eigenvalue weighted by Crippen LogP contribution is 2.22. The Morgan fingerprint density at radius 3 is 2.71 bits per heavy atom. The second-order valence-electron chi connectivity index (χ2n) is 4.69. The molecule has 0 amide bonds. The minimum atomic E-state index is -0.624. The van der Waals surface area contributed by atoms with Crippen LogP contribution in [-0.2, 0) is 4.74 Å². The van der Waals surface area contributed by atoms with Gasteiger partial charge in [0.05, 0.1) is 24.9 Å². The first-order valence-electron chi connectivity index (χ1n) is 6.63. The molecule has 1 saturated heterocycles. The molecule has 1 heterocycles. The summed E-state index contributed by atoms with van der Waals surface area (Å²) in [5.41, 5.74) is 8.32. The smallest absolute Gasteiger partial charge is 0.0908 e. The Labute approximate surface area is 103 Å². The lowest BCUT2D eigenvalue weighted by Gasteiger charge is -2.14. The first kappa shape index (κ1) is 14.3. The molecule has 0 aromatic carbocycles. The van der Waals surface area contributed by atoms with Crippen LogP contribution in [0, 0.1) is 0 Å². The molecule has 1 aliphatic heterocycles. The van der Waals surface area contributed by atoms with E-state index in [0.29, 0.717) is 6.61 Å². The average Bonchev–Trinajstić information content (AvgIpc) is 2.67. The van der Waals surface area contributed by atoms with Crippen molar-refractivity contribution in [1.82, 2.24) is 0 Å². The second-order valence-corrected chi connectivity index (χ2v) is 4.69. The molecule has 5 heteroatoms. The molecule has 3 atom stereocenters. The van der Waals surface area contributed by atoms with Crippen LogP contribution in [0.2, 0.25) is 0 Å². The summed E-state index contributed by atoms with van der Waals surface area (Å²) in [7, 11) is 0. The van der Waals surface area contributed by atoms with Gasteiger partial charge in [-0.25, -0.2) is 0 Å². The number of nitrogens with zero attached hydrogens (tertiary/aromatic N) is 3. The van der Waals surface area contributed by atoms with Crippen molar-refractivity contribution >= 4 is 0 Å². The minimum absolute atomic E-state index is 0.142. The van der Waals surface area contributed by atoms with Crippen molar-refractivity contribution in [2.24, 2.45) is 5.11 Å². The maximum atomic E-state index is 9.83. The van der Waals surface area contributed by atoms with Crippen molar-refractivity contribution in [2.75, 3.05) is 6.61 Å². The van der Waals surface area contributed by atoms with Crippen LogP contribution in [0.5, 0.6) is 0 Å². The Morgan fingerprint density at radius 2 is 2.00 bits per heavy atom. The largest absolute Gasteiger partial charge is 0.390 e. The van der Waals surface area contributed by atoms with Crippen LogP contribution in [0.1, 0.15) is 51.9 Å². The van der Waals surface area contributed by atoms with Gasteiger partial charge in [-0.05, 0) is 12.0 Å². The Balaban J connectivity index is 2.10. The van der Waals surface area contributed by atoms with Crippen LogP contribution in [0.15, 0.2) is 5.11 Å². The van der Waals surface area contributed by atoms with E-state index in [1.807, 2.05) is 0 Å². The van der Waals surface area contributed by atoms with Crippen molar-refractivity contribution in [3.05, 3.63) is 10.4 Å².